The second-order valence-corrected chi connectivity index (χ2v) is 9.75. The number of aromatic nitrogens is 4. The summed E-state index contributed by atoms with van der Waals surface area (Å²) in [4.78, 5) is 25.5. The summed E-state index contributed by atoms with van der Waals surface area (Å²) in [5, 5.41) is 3.72. The van der Waals surface area contributed by atoms with E-state index in [1.165, 1.54) is 11.9 Å². The molecule has 3 N–H and O–H groups in total. The molecule has 1 aromatic carbocycles. The van der Waals surface area contributed by atoms with Gasteiger partial charge in [-0.1, -0.05) is 30.9 Å². The van der Waals surface area contributed by atoms with E-state index in [1.807, 2.05) is 56.4 Å². The monoisotopic (exact) mass is 508 g/mol. The Kier molecular flexibility index (Phi) is 6.96. The lowest BCUT2D eigenvalue weighted by Crippen LogP contribution is -2.16. The first kappa shape index (κ1) is 25.2. The predicted molar refractivity (Wildman–Crippen MR) is 152 cm³/mol. The van der Waals surface area contributed by atoms with Crippen LogP contribution in [0.5, 0.6) is 5.88 Å². The van der Waals surface area contributed by atoms with Gasteiger partial charge in [-0.3, -0.25) is 4.79 Å². The molecule has 3 heterocycles. The van der Waals surface area contributed by atoms with Gasteiger partial charge in [0.25, 0.3) is 5.91 Å². The van der Waals surface area contributed by atoms with E-state index in [0.29, 0.717) is 23.0 Å². The van der Waals surface area contributed by atoms with Gasteiger partial charge < -0.3 is 20.4 Å². The quantitative estimate of drug-likeness (QED) is 0.317. The first-order valence-corrected chi connectivity index (χ1v) is 12.8. The number of nitrogens with one attached hydrogen (secondary N) is 1. The Morgan fingerprint density at radius 3 is 2.68 bits per heavy atom. The van der Waals surface area contributed by atoms with E-state index < -0.39 is 0 Å². The number of nitrogens with two attached hydrogens (primary N) is 1. The summed E-state index contributed by atoms with van der Waals surface area (Å²) < 4.78 is 8.32. The number of nitrogens with zero attached hydrogens (tertiary/aromatic N) is 4. The number of ether oxygens (including phenoxy) is 1. The summed E-state index contributed by atoms with van der Waals surface area (Å²) in [5.74, 6) is 0.923. The van der Waals surface area contributed by atoms with E-state index in [2.05, 4.69) is 37.5 Å². The van der Waals surface area contributed by atoms with Gasteiger partial charge in [0, 0.05) is 35.6 Å². The first-order valence-electron chi connectivity index (χ1n) is 12.8. The van der Waals surface area contributed by atoms with Gasteiger partial charge in [0.1, 0.15) is 23.9 Å². The maximum absolute atomic E-state index is 12.1. The van der Waals surface area contributed by atoms with Crippen molar-refractivity contribution in [3.8, 4) is 17.1 Å². The summed E-state index contributed by atoms with van der Waals surface area (Å²) in [6.45, 7) is 7.36. The van der Waals surface area contributed by atoms with Crippen LogP contribution in [0.3, 0.4) is 0 Å². The molecule has 1 aliphatic rings. The number of nitrogen functional groups attached to an aromatic ring is 1. The molecule has 4 aromatic rings. The molecule has 5 rings (SSSR count). The van der Waals surface area contributed by atoms with Crippen molar-refractivity contribution in [2.24, 2.45) is 7.05 Å². The highest BCUT2D eigenvalue weighted by atomic mass is 16.5. The van der Waals surface area contributed by atoms with Crippen molar-refractivity contribution in [3.63, 3.8) is 0 Å². The van der Waals surface area contributed by atoms with E-state index in [-0.39, 0.29) is 12.0 Å². The number of rotatable bonds is 6. The number of pyridine rings is 1. The van der Waals surface area contributed by atoms with E-state index in [4.69, 9.17) is 10.5 Å². The van der Waals surface area contributed by atoms with Crippen molar-refractivity contribution in [1.29, 1.82) is 0 Å². The number of fused-ring (bicyclic) bond motifs is 1. The Morgan fingerprint density at radius 1 is 1.16 bits per heavy atom. The van der Waals surface area contributed by atoms with Crippen molar-refractivity contribution >= 4 is 34.0 Å². The van der Waals surface area contributed by atoms with Gasteiger partial charge in [-0.15, -0.1) is 0 Å². The SMILES string of the molecule is C=C(C)C(=O)Nc1ccc(-c2c(C3=CCC[C@@H](Oc4cccc(C)n4)CC3)c3c(N)ncnc3n2C)cc1. The van der Waals surface area contributed by atoms with Crippen molar-refractivity contribution in [3.05, 3.63) is 78.3 Å². The van der Waals surface area contributed by atoms with Crippen LogP contribution in [0.15, 0.2) is 67.0 Å². The molecule has 0 radical (unpaired) electrons. The van der Waals surface area contributed by atoms with Crippen LogP contribution in [0.4, 0.5) is 11.5 Å². The second kappa shape index (κ2) is 10.5. The summed E-state index contributed by atoms with van der Waals surface area (Å²) in [6.07, 6.45) is 7.33. The molecule has 0 spiro atoms. The van der Waals surface area contributed by atoms with Crippen molar-refractivity contribution in [2.45, 2.75) is 45.6 Å². The molecule has 8 nitrogen and oxygen atoms in total. The van der Waals surface area contributed by atoms with Gasteiger partial charge in [0.2, 0.25) is 5.88 Å². The molecule has 1 atom stereocenters. The van der Waals surface area contributed by atoms with E-state index in [0.717, 1.165) is 59.2 Å². The zero-order chi connectivity index (χ0) is 26.8. The van der Waals surface area contributed by atoms with Crippen molar-refractivity contribution in [1.82, 2.24) is 19.5 Å². The zero-order valence-corrected chi connectivity index (χ0v) is 22.0. The molecule has 3 aromatic heterocycles. The van der Waals surface area contributed by atoms with Crippen LogP contribution in [0.2, 0.25) is 0 Å². The van der Waals surface area contributed by atoms with E-state index in [9.17, 15) is 4.79 Å². The Hall–Kier alpha value is -4.46. The number of allylic oxidation sites excluding steroid dienone is 2. The minimum absolute atomic E-state index is 0.0706. The topological polar surface area (TPSA) is 108 Å². The Balaban J connectivity index is 1.50. The maximum Gasteiger partial charge on any atom is 0.250 e. The number of carbonyl (C=O) groups excluding carboxylic acids is 1. The third kappa shape index (κ3) is 5.02. The van der Waals surface area contributed by atoms with Gasteiger partial charge in [0.05, 0.1) is 11.1 Å². The fourth-order valence-electron chi connectivity index (χ4n) is 4.98. The number of aryl methyl sites for hydroxylation is 2. The summed E-state index contributed by atoms with van der Waals surface area (Å²) in [7, 11) is 2.00. The minimum atomic E-state index is -0.202. The molecule has 0 saturated heterocycles. The molecule has 0 bridgehead atoms. The molecule has 38 heavy (non-hydrogen) atoms. The molecule has 0 aliphatic heterocycles. The molecule has 1 aliphatic carbocycles. The zero-order valence-electron chi connectivity index (χ0n) is 22.0. The molecule has 0 saturated carbocycles. The highest BCUT2D eigenvalue weighted by molar-refractivity contribution is 6.05. The van der Waals surface area contributed by atoms with Crippen LogP contribution in [-0.4, -0.2) is 31.5 Å². The molecule has 0 fully saturated rings. The van der Waals surface area contributed by atoms with Crippen LogP contribution in [0.25, 0.3) is 27.9 Å². The molecule has 194 valence electrons. The molecular weight excluding hydrogens is 476 g/mol. The van der Waals surface area contributed by atoms with E-state index >= 15 is 0 Å². The third-order valence-electron chi connectivity index (χ3n) is 6.89. The number of carbonyl (C=O) groups is 1. The Morgan fingerprint density at radius 2 is 1.95 bits per heavy atom. The van der Waals surface area contributed by atoms with Crippen LogP contribution in [-0.2, 0) is 11.8 Å². The number of hydrogen-bond donors (Lipinski definition) is 2. The number of benzene rings is 1. The molecule has 1 amide bonds. The maximum atomic E-state index is 12.1. The molecule has 8 heteroatoms. The second-order valence-electron chi connectivity index (χ2n) is 9.75. The number of amides is 1. The average Bonchev–Trinajstić information content (AvgIpc) is 3.02. The highest BCUT2D eigenvalue weighted by Gasteiger charge is 2.25. The van der Waals surface area contributed by atoms with Gasteiger partial charge >= 0.3 is 0 Å². The summed E-state index contributed by atoms with van der Waals surface area (Å²) >= 11 is 0. The molecule has 0 unspecified atom stereocenters. The van der Waals surface area contributed by atoms with Crippen LogP contribution >= 0.6 is 0 Å². The lowest BCUT2D eigenvalue weighted by molar-refractivity contribution is -0.112. The third-order valence-corrected chi connectivity index (χ3v) is 6.89. The van der Waals surface area contributed by atoms with Crippen LogP contribution in [0, 0.1) is 6.92 Å². The lowest BCUT2D eigenvalue weighted by atomic mass is 9.95. The number of anilines is 2. The normalized spacial score (nSPS) is 15.6. The lowest BCUT2D eigenvalue weighted by Gasteiger charge is -2.17. The van der Waals surface area contributed by atoms with Crippen molar-refractivity contribution in [2.75, 3.05) is 11.1 Å². The fourth-order valence-corrected chi connectivity index (χ4v) is 4.98. The predicted octanol–water partition coefficient (Wildman–Crippen LogP) is 5.84. The Labute approximate surface area is 222 Å². The number of hydrogen-bond acceptors (Lipinski definition) is 6. The minimum Gasteiger partial charge on any atom is -0.474 e. The summed E-state index contributed by atoms with van der Waals surface area (Å²) in [6, 6.07) is 13.6. The van der Waals surface area contributed by atoms with Crippen molar-refractivity contribution < 1.29 is 9.53 Å². The Bertz CT molecular complexity index is 1550. The van der Waals surface area contributed by atoms with Gasteiger partial charge in [-0.25, -0.2) is 15.0 Å². The standard InChI is InChI=1S/C30H32N6O2/c1-18(2)30(37)35-22-14-11-21(12-15-22)27-25(26-28(31)32-17-33-29(26)36(27)4)20-8-6-9-23(16-13-20)38-24-10-5-7-19(3)34-24/h5,7-8,10-12,14-15,17,23H,1,6,9,13,16H2,2-4H3,(H,35,37)(H2,31,32,33)/t23-/m1/s1. The van der Waals surface area contributed by atoms with Gasteiger partial charge in [-0.05, 0) is 68.9 Å². The highest BCUT2D eigenvalue weighted by Crippen LogP contribution is 2.42. The van der Waals surface area contributed by atoms with E-state index in [1.54, 1.807) is 6.92 Å². The average molecular weight is 509 g/mol. The summed E-state index contributed by atoms with van der Waals surface area (Å²) in [5.41, 5.74) is 13.6. The first-order chi connectivity index (χ1) is 18.3. The molecular formula is C30H32N6O2. The van der Waals surface area contributed by atoms with Crippen LogP contribution in [0.1, 0.15) is 43.9 Å². The van der Waals surface area contributed by atoms with Crippen LogP contribution < -0.4 is 15.8 Å². The fraction of sp³-hybridized carbons (Fsp3) is 0.267. The smallest absolute Gasteiger partial charge is 0.250 e. The van der Waals surface area contributed by atoms with Gasteiger partial charge in [-0.2, -0.15) is 0 Å². The van der Waals surface area contributed by atoms with Gasteiger partial charge in [0.15, 0.2) is 0 Å². The largest absolute Gasteiger partial charge is 0.474 e.